The smallest absolute Gasteiger partial charge is 0.250 e. The molecule has 1 aromatic rings. The first kappa shape index (κ1) is 13.7. The summed E-state index contributed by atoms with van der Waals surface area (Å²) in [6, 6.07) is 5.19. The van der Waals surface area contributed by atoms with Gasteiger partial charge < -0.3 is 21.1 Å². The Morgan fingerprint density at radius 3 is 2.84 bits per heavy atom. The number of nitrogens with zero attached hydrogens (tertiary/aromatic N) is 1. The molecule has 5 heteroatoms. The number of carbonyl (C=O) groups excluding carboxylic acids is 1. The van der Waals surface area contributed by atoms with Gasteiger partial charge in [-0.05, 0) is 38.0 Å². The predicted molar refractivity (Wildman–Crippen MR) is 76.2 cm³/mol. The molecule has 4 N–H and O–H groups in total. The molecule has 19 heavy (non-hydrogen) atoms. The lowest BCUT2D eigenvalue weighted by Crippen LogP contribution is -2.48. The molecule has 0 saturated carbocycles. The highest BCUT2D eigenvalue weighted by atomic mass is 16.5. The summed E-state index contributed by atoms with van der Waals surface area (Å²) in [6.45, 7) is 3.69. The molecule has 1 amide bonds. The van der Waals surface area contributed by atoms with Crippen molar-refractivity contribution >= 4 is 17.3 Å². The molecule has 1 saturated heterocycles. The van der Waals surface area contributed by atoms with Gasteiger partial charge in [0.25, 0.3) is 5.91 Å². The van der Waals surface area contributed by atoms with Gasteiger partial charge in [-0.15, -0.1) is 0 Å². The first-order valence-electron chi connectivity index (χ1n) is 6.45. The zero-order valence-electron chi connectivity index (χ0n) is 11.5. The second-order valence-corrected chi connectivity index (χ2v) is 5.32. The van der Waals surface area contributed by atoms with Crippen LogP contribution in [0.2, 0.25) is 0 Å². The zero-order valence-corrected chi connectivity index (χ0v) is 11.5. The summed E-state index contributed by atoms with van der Waals surface area (Å²) in [5.41, 5.74) is 13.0. The van der Waals surface area contributed by atoms with Crippen molar-refractivity contribution in [3.63, 3.8) is 0 Å². The molecule has 5 nitrogen and oxygen atoms in total. The minimum absolute atomic E-state index is 0.197. The fraction of sp³-hybridized carbons (Fsp3) is 0.500. The first-order valence-corrected chi connectivity index (χ1v) is 6.45. The van der Waals surface area contributed by atoms with Crippen LogP contribution >= 0.6 is 0 Å². The molecular formula is C14H21N3O2. The lowest BCUT2D eigenvalue weighted by Gasteiger charge is -2.41. The maximum Gasteiger partial charge on any atom is 0.250 e. The van der Waals surface area contributed by atoms with Crippen LogP contribution < -0.4 is 16.4 Å². The van der Waals surface area contributed by atoms with E-state index < -0.39 is 5.91 Å². The van der Waals surface area contributed by atoms with Crippen molar-refractivity contribution in [2.45, 2.75) is 25.4 Å². The van der Waals surface area contributed by atoms with E-state index in [4.69, 9.17) is 16.2 Å². The van der Waals surface area contributed by atoms with Gasteiger partial charge in [-0.25, -0.2) is 0 Å². The van der Waals surface area contributed by atoms with Crippen LogP contribution in [0.1, 0.15) is 30.1 Å². The normalized spacial score (nSPS) is 23.4. The minimum Gasteiger partial charge on any atom is -0.399 e. The number of hydrogen-bond donors (Lipinski definition) is 2. The van der Waals surface area contributed by atoms with E-state index in [9.17, 15) is 4.79 Å². The summed E-state index contributed by atoms with van der Waals surface area (Å²) in [4.78, 5) is 13.7. The molecule has 2 rings (SSSR count). The maximum absolute atomic E-state index is 11.5. The number of nitrogen functional groups attached to an aromatic ring is 1. The number of piperidine rings is 1. The molecule has 1 atom stereocenters. The topological polar surface area (TPSA) is 81.6 Å². The number of primary amides is 1. The molecule has 1 aliphatic rings. The van der Waals surface area contributed by atoms with Crippen molar-refractivity contribution in [1.29, 1.82) is 0 Å². The van der Waals surface area contributed by atoms with Gasteiger partial charge in [-0.3, -0.25) is 4.79 Å². The Labute approximate surface area is 113 Å². The van der Waals surface area contributed by atoms with Gasteiger partial charge in [0.1, 0.15) is 0 Å². The van der Waals surface area contributed by atoms with E-state index in [1.165, 1.54) is 0 Å². The van der Waals surface area contributed by atoms with Crippen LogP contribution in [-0.4, -0.2) is 31.7 Å². The van der Waals surface area contributed by atoms with Crippen molar-refractivity contribution in [3.8, 4) is 0 Å². The van der Waals surface area contributed by atoms with Crippen LogP contribution in [0.25, 0.3) is 0 Å². The third-order valence-corrected chi connectivity index (χ3v) is 3.78. The van der Waals surface area contributed by atoms with E-state index in [1.54, 1.807) is 19.2 Å². The summed E-state index contributed by atoms with van der Waals surface area (Å²) in [5.74, 6) is -0.431. The van der Waals surface area contributed by atoms with Crippen LogP contribution in [0.3, 0.4) is 0 Å². The van der Waals surface area contributed by atoms with E-state index in [1.807, 2.05) is 6.07 Å². The van der Waals surface area contributed by atoms with Crippen LogP contribution in [0.15, 0.2) is 18.2 Å². The maximum atomic E-state index is 11.5. The van der Waals surface area contributed by atoms with Gasteiger partial charge in [0.2, 0.25) is 0 Å². The Balaban J connectivity index is 2.35. The molecule has 1 fully saturated rings. The summed E-state index contributed by atoms with van der Waals surface area (Å²) in [6.07, 6.45) is 2.02. The van der Waals surface area contributed by atoms with E-state index in [2.05, 4.69) is 11.8 Å². The van der Waals surface area contributed by atoms with E-state index in [-0.39, 0.29) is 5.60 Å². The number of ether oxygens (including phenoxy) is 1. The average Bonchev–Trinajstić information content (AvgIpc) is 2.38. The van der Waals surface area contributed by atoms with Crippen molar-refractivity contribution in [2.24, 2.45) is 5.73 Å². The number of benzene rings is 1. The lowest BCUT2D eigenvalue weighted by atomic mass is 9.93. The SMILES string of the molecule is COC1(C)CCCN(c2cc(N)ccc2C(N)=O)C1. The molecule has 0 spiro atoms. The fourth-order valence-electron chi connectivity index (χ4n) is 2.60. The number of methoxy groups -OCH3 is 1. The molecular weight excluding hydrogens is 242 g/mol. The number of carbonyl (C=O) groups is 1. The molecule has 104 valence electrons. The van der Waals surface area contributed by atoms with Gasteiger partial charge >= 0.3 is 0 Å². The Bertz CT molecular complexity index is 490. The average molecular weight is 263 g/mol. The first-order chi connectivity index (χ1) is 8.95. The van der Waals surface area contributed by atoms with Gasteiger partial charge in [-0.2, -0.15) is 0 Å². The number of rotatable bonds is 3. The van der Waals surface area contributed by atoms with Gasteiger partial charge in [0, 0.05) is 25.9 Å². The van der Waals surface area contributed by atoms with Gasteiger partial charge in [0.15, 0.2) is 0 Å². The second-order valence-electron chi connectivity index (χ2n) is 5.32. The second kappa shape index (κ2) is 5.09. The van der Waals surface area contributed by atoms with Gasteiger partial charge in [-0.1, -0.05) is 0 Å². The lowest BCUT2D eigenvalue weighted by molar-refractivity contribution is -0.00468. The molecule has 0 aromatic heterocycles. The van der Waals surface area contributed by atoms with Crippen molar-refractivity contribution in [1.82, 2.24) is 0 Å². The summed E-state index contributed by atoms with van der Waals surface area (Å²) in [5, 5.41) is 0. The van der Waals surface area contributed by atoms with Gasteiger partial charge in [0.05, 0.1) is 16.9 Å². The predicted octanol–water partition coefficient (Wildman–Crippen LogP) is 1.37. The molecule has 1 aromatic carbocycles. The minimum atomic E-state index is -0.431. The highest BCUT2D eigenvalue weighted by Crippen LogP contribution is 2.31. The Morgan fingerprint density at radius 1 is 1.47 bits per heavy atom. The Morgan fingerprint density at radius 2 is 2.21 bits per heavy atom. The Kier molecular flexibility index (Phi) is 3.66. The molecule has 1 unspecified atom stereocenters. The van der Waals surface area contributed by atoms with Crippen LogP contribution in [0.5, 0.6) is 0 Å². The van der Waals surface area contributed by atoms with Crippen molar-refractivity contribution in [2.75, 3.05) is 30.8 Å². The zero-order chi connectivity index (χ0) is 14.0. The molecule has 1 aliphatic heterocycles. The summed E-state index contributed by atoms with van der Waals surface area (Å²) in [7, 11) is 1.72. The van der Waals surface area contributed by atoms with Crippen molar-refractivity contribution < 1.29 is 9.53 Å². The molecule has 0 bridgehead atoms. The van der Waals surface area contributed by atoms with E-state index >= 15 is 0 Å². The molecule has 1 heterocycles. The third kappa shape index (κ3) is 2.81. The standard InChI is InChI=1S/C14H21N3O2/c1-14(19-2)6-3-7-17(9-14)12-8-10(15)4-5-11(12)13(16)18/h4-5,8H,3,6-7,9,15H2,1-2H3,(H2,16,18). The summed E-state index contributed by atoms with van der Waals surface area (Å²) < 4.78 is 5.57. The number of amides is 1. The van der Waals surface area contributed by atoms with Crippen LogP contribution in [0, 0.1) is 0 Å². The quantitative estimate of drug-likeness (QED) is 0.807. The monoisotopic (exact) mass is 263 g/mol. The molecule has 0 aliphatic carbocycles. The Hall–Kier alpha value is -1.75. The van der Waals surface area contributed by atoms with E-state index in [0.29, 0.717) is 11.3 Å². The number of anilines is 2. The number of nitrogens with two attached hydrogens (primary N) is 2. The van der Waals surface area contributed by atoms with Crippen LogP contribution in [0.4, 0.5) is 11.4 Å². The largest absolute Gasteiger partial charge is 0.399 e. The van der Waals surface area contributed by atoms with Crippen molar-refractivity contribution in [3.05, 3.63) is 23.8 Å². The third-order valence-electron chi connectivity index (χ3n) is 3.78. The highest BCUT2D eigenvalue weighted by molar-refractivity contribution is 5.99. The highest BCUT2D eigenvalue weighted by Gasteiger charge is 2.32. The fourth-order valence-corrected chi connectivity index (χ4v) is 2.60. The summed E-state index contributed by atoms with van der Waals surface area (Å²) >= 11 is 0. The number of hydrogen-bond acceptors (Lipinski definition) is 4. The van der Waals surface area contributed by atoms with E-state index in [0.717, 1.165) is 31.6 Å². The van der Waals surface area contributed by atoms with Crippen LogP contribution in [-0.2, 0) is 4.74 Å². The molecule has 0 radical (unpaired) electrons.